The largest absolute Gasteiger partial charge is 0.494 e. The molecule has 0 aliphatic carbocycles. The van der Waals surface area contributed by atoms with Gasteiger partial charge >= 0.3 is 0 Å². The van der Waals surface area contributed by atoms with E-state index in [4.69, 9.17) is 14.8 Å². The van der Waals surface area contributed by atoms with Crippen molar-refractivity contribution in [3.8, 4) is 28.3 Å². The van der Waals surface area contributed by atoms with Gasteiger partial charge in [0.15, 0.2) is 11.6 Å². The van der Waals surface area contributed by atoms with E-state index < -0.39 is 28.9 Å². The Balaban J connectivity index is 1.40. The van der Waals surface area contributed by atoms with E-state index in [0.29, 0.717) is 33.9 Å². The van der Waals surface area contributed by atoms with Gasteiger partial charge in [0.05, 0.1) is 23.9 Å². The summed E-state index contributed by atoms with van der Waals surface area (Å²) in [6.45, 7) is 1.92. The number of hydrogen-bond donors (Lipinski definition) is 2. The van der Waals surface area contributed by atoms with Crippen LogP contribution in [0.3, 0.4) is 0 Å². The van der Waals surface area contributed by atoms with Gasteiger partial charge in [-0.3, -0.25) is 4.79 Å². The Morgan fingerprint density at radius 3 is 2.40 bits per heavy atom. The minimum atomic E-state index is -0.961. The summed E-state index contributed by atoms with van der Waals surface area (Å²) in [6.07, 6.45) is 1.58. The number of aryl methyl sites for hydroxylation is 1. The van der Waals surface area contributed by atoms with E-state index in [2.05, 4.69) is 15.6 Å². The zero-order valence-corrected chi connectivity index (χ0v) is 22.9. The van der Waals surface area contributed by atoms with Crippen LogP contribution in [-0.2, 0) is 0 Å². The molecule has 8 nitrogen and oxygen atoms in total. The number of fused-ring (bicyclic) bond motifs is 1. The number of amides is 1. The summed E-state index contributed by atoms with van der Waals surface area (Å²) in [4.78, 5) is 21.7. The molecule has 214 valence electrons. The third-order valence-corrected chi connectivity index (χ3v) is 6.75. The van der Waals surface area contributed by atoms with Gasteiger partial charge in [-0.15, -0.1) is 0 Å². The lowest BCUT2D eigenvalue weighted by Crippen LogP contribution is -2.15. The number of halogens is 3. The molecular formula is C32H23F3N6O2. The number of carbonyl (C=O) groups is 1. The van der Waals surface area contributed by atoms with Crippen LogP contribution in [0.4, 0.5) is 30.5 Å². The maximum Gasteiger partial charge on any atom is 0.261 e. The van der Waals surface area contributed by atoms with Gasteiger partial charge in [0.2, 0.25) is 5.95 Å². The molecule has 0 aliphatic rings. The van der Waals surface area contributed by atoms with Gasteiger partial charge in [-0.2, -0.15) is 5.10 Å². The highest BCUT2D eigenvalue weighted by atomic mass is 19.1. The van der Waals surface area contributed by atoms with E-state index in [-0.39, 0.29) is 11.7 Å². The van der Waals surface area contributed by atoms with Crippen LogP contribution in [0.1, 0.15) is 16.1 Å². The van der Waals surface area contributed by atoms with Crippen molar-refractivity contribution in [2.75, 3.05) is 17.7 Å². The molecule has 6 aromatic rings. The third-order valence-electron chi connectivity index (χ3n) is 6.75. The fourth-order valence-electron chi connectivity index (χ4n) is 4.74. The normalized spacial score (nSPS) is 11.0. The quantitative estimate of drug-likeness (QED) is 0.208. The average molecular weight is 581 g/mol. The summed E-state index contributed by atoms with van der Waals surface area (Å²) >= 11 is 0. The fourth-order valence-corrected chi connectivity index (χ4v) is 4.74. The molecular weight excluding hydrogens is 557 g/mol. The number of ether oxygens (including phenoxy) is 1. The molecule has 0 fully saturated rings. The molecule has 0 bridgehead atoms. The van der Waals surface area contributed by atoms with E-state index >= 15 is 0 Å². The zero-order valence-electron chi connectivity index (χ0n) is 22.9. The predicted molar refractivity (Wildman–Crippen MR) is 157 cm³/mol. The van der Waals surface area contributed by atoms with Crippen molar-refractivity contribution in [3.63, 3.8) is 0 Å². The van der Waals surface area contributed by atoms with E-state index in [1.54, 1.807) is 47.1 Å². The second-order valence-corrected chi connectivity index (χ2v) is 9.56. The van der Waals surface area contributed by atoms with Gasteiger partial charge in [0.25, 0.3) is 5.91 Å². The molecule has 0 saturated heterocycles. The number of nitrogens with zero attached hydrogens (tertiary/aromatic N) is 4. The Kier molecular flexibility index (Phi) is 7.21. The SMILES string of the molecule is COc1ccc(Nc2nccc(-c3c(-c4cccc(NC(=O)c5c(F)cccc5F)c4)nn4c(C)cccc34)n2)cc1F. The van der Waals surface area contributed by atoms with Crippen LogP contribution >= 0.6 is 0 Å². The molecule has 43 heavy (non-hydrogen) atoms. The number of aromatic nitrogens is 4. The van der Waals surface area contributed by atoms with Gasteiger partial charge < -0.3 is 15.4 Å². The molecule has 1 amide bonds. The highest BCUT2D eigenvalue weighted by molar-refractivity contribution is 6.05. The maximum atomic E-state index is 14.3. The molecule has 0 radical (unpaired) electrons. The number of methoxy groups -OCH3 is 1. The minimum absolute atomic E-state index is 0.115. The van der Waals surface area contributed by atoms with Crippen LogP contribution in [0.25, 0.3) is 28.0 Å². The number of rotatable bonds is 7. The number of nitrogens with one attached hydrogen (secondary N) is 2. The average Bonchev–Trinajstić information content (AvgIpc) is 3.39. The number of benzene rings is 3. The van der Waals surface area contributed by atoms with Crippen molar-refractivity contribution in [2.24, 2.45) is 0 Å². The topological polar surface area (TPSA) is 93.4 Å². The van der Waals surface area contributed by atoms with Gasteiger partial charge in [-0.1, -0.05) is 24.3 Å². The van der Waals surface area contributed by atoms with Crippen molar-refractivity contribution < 1.29 is 22.7 Å². The van der Waals surface area contributed by atoms with Gasteiger partial charge in [0.1, 0.15) is 22.9 Å². The van der Waals surface area contributed by atoms with Crippen LogP contribution in [0.15, 0.2) is 91.1 Å². The van der Waals surface area contributed by atoms with Gasteiger partial charge in [0, 0.05) is 34.9 Å². The third kappa shape index (κ3) is 5.35. The first-order chi connectivity index (χ1) is 20.8. The standard InChI is InChI=1S/C32H23F3N6O2/c1-18-6-3-11-26-29(25-14-15-36-32(39-25)38-21-12-13-27(43-2)24(35)17-21)30(40-41(18)26)19-7-4-8-20(16-19)37-31(42)28-22(33)9-5-10-23(28)34/h3-17H,1-2H3,(H,37,42)(H,36,38,39). The highest BCUT2D eigenvalue weighted by Crippen LogP contribution is 2.36. The van der Waals surface area contributed by atoms with Crippen LogP contribution < -0.4 is 15.4 Å². The predicted octanol–water partition coefficient (Wildman–Crippen LogP) is 7.19. The van der Waals surface area contributed by atoms with E-state index in [1.807, 2.05) is 25.1 Å². The van der Waals surface area contributed by atoms with Crippen LogP contribution in [0.2, 0.25) is 0 Å². The lowest BCUT2D eigenvalue weighted by Gasteiger charge is -2.10. The molecule has 3 aromatic heterocycles. The molecule has 0 unspecified atom stereocenters. The number of anilines is 3. The summed E-state index contributed by atoms with van der Waals surface area (Å²) in [6, 6.07) is 21.9. The lowest BCUT2D eigenvalue weighted by molar-refractivity contribution is 0.101. The van der Waals surface area contributed by atoms with Gasteiger partial charge in [-0.05, 0) is 61.5 Å². The van der Waals surface area contributed by atoms with Crippen molar-refractivity contribution in [2.45, 2.75) is 6.92 Å². The molecule has 0 saturated carbocycles. The fraction of sp³-hybridized carbons (Fsp3) is 0.0625. The van der Waals surface area contributed by atoms with E-state index in [1.165, 1.54) is 25.3 Å². The second kappa shape index (κ2) is 11.3. The first-order valence-electron chi connectivity index (χ1n) is 13.1. The number of pyridine rings is 1. The molecule has 0 aliphatic heterocycles. The highest BCUT2D eigenvalue weighted by Gasteiger charge is 2.21. The van der Waals surface area contributed by atoms with E-state index in [9.17, 15) is 18.0 Å². The summed E-state index contributed by atoms with van der Waals surface area (Å²) in [5.41, 5.74) is 4.08. The minimum Gasteiger partial charge on any atom is -0.494 e. The molecule has 0 spiro atoms. The Labute approximate surface area is 243 Å². The maximum absolute atomic E-state index is 14.3. The first kappa shape index (κ1) is 27.5. The van der Waals surface area contributed by atoms with Crippen LogP contribution in [0, 0.1) is 24.4 Å². The molecule has 3 aromatic carbocycles. The van der Waals surface area contributed by atoms with Crippen molar-refractivity contribution in [1.29, 1.82) is 0 Å². The summed E-state index contributed by atoms with van der Waals surface area (Å²) in [5.74, 6) is -3.03. The summed E-state index contributed by atoms with van der Waals surface area (Å²) < 4.78 is 49.5. The molecule has 0 atom stereocenters. The van der Waals surface area contributed by atoms with Crippen molar-refractivity contribution >= 4 is 28.7 Å². The molecule has 11 heteroatoms. The first-order valence-corrected chi connectivity index (χ1v) is 13.1. The van der Waals surface area contributed by atoms with Crippen LogP contribution in [-0.4, -0.2) is 32.6 Å². The Morgan fingerprint density at radius 1 is 0.860 bits per heavy atom. The Bertz CT molecular complexity index is 1990. The Morgan fingerprint density at radius 2 is 1.63 bits per heavy atom. The summed E-state index contributed by atoms with van der Waals surface area (Å²) in [7, 11) is 1.39. The van der Waals surface area contributed by atoms with Gasteiger partial charge in [-0.25, -0.2) is 27.7 Å². The van der Waals surface area contributed by atoms with Crippen LogP contribution in [0.5, 0.6) is 5.75 Å². The Hall–Kier alpha value is -5.71. The van der Waals surface area contributed by atoms with Crippen molar-refractivity contribution in [3.05, 3.63) is 120 Å². The number of hydrogen-bond acceptors (Lipinski definition) is 6. The lowest BCUT2D eigenvalue weighted by atomic mass is 10.0. The second-order valence-electron chi connectivity index (χ2n) is 9.56. The zero-order chi connectivity index (χ0) is 30.1. The smallest absolute Gasteiger partial charge is 0.261 e. The summed E-state index contributed by atoms with van der Waals surface area (Å²) in [5, 5.41) is 10.4. The van der Waals surface area contributed by atoms with E-state index in [0.717, 1.165) is 23.3 Å². The molecule has 6 rings (SSSR count). The molecule has 2 N–H and O–H groups in total. The number of carbonyl (C=O) groups excluding carboxylic acids is 1. The monoisotopic (exact) mass is 580 g/mol. The molecule has 3 heterocycles. The van der Waals surface area contributed by atoms with Crippen molar-refractivity contribution in [1.82, 2.24) is 19.6 Å².